The van der Waals surface area contributed by atoms with E-state index in [2.05, 4.69) is 4.98 Å². The topological polar surface area (TPSA) is 62.7 Å². The second kappa shape index (κ2) is 8.26. The molecule has 2 amide bonds. The molecule has 0 spiro atoms. The third-order valence-electron chi connectivity index (χ3n) is 4.92. The number of para-hydroxylation sites is 2. The molecule has 6 nitrogen and oxygen atoms in total. The van der Waals surface area contributed by atoms with E-state index in [0.717, 1.165) is 10.2 Å². The summed E-state index contributed by atoms with van der Waals surface area (Å²) in [6.07, 6.45) is 0.0432. The van der Waals surface area contributed by atoms with Crippen molar-refractivity contribution in [3.8, 4) is 0 Å². The van der Waals surface area contributed by atoms with E-state index in [1.807, 2.05) is 24.3 Å². The highest BCUT2D eigenvalue weighted by Gasteiger charge is 2.39. The van der Waals surface area contributed by atoms with Crippen LogP contribution in [0, 0.1) is 11.7 Å². The van der Waals surface area contributed by atoms with Gasteiger partial charge in [-0.2, -0.15) is 0 Å². The quantitative estimate of drug-likeness (QED) is 0.621. The lowest BCUT2D eigenvalue weighted by Gasteiger charge is -2.23. The van der Waals surface area contributed by atoms with Crippen molar-refractivity contribution in [3.63, 3.8) is 0 Å². The van der Waals surface area contributed by atoms with Crippen molar-refractivity contribution >= 4 is 44.2 Å². The predicted molar refractivity (Wildman–Crippen MR) is 111 cm³/mol. The second-order valence-electron chi connectivity index (χ2n) is 6.80. The van der Waals surface area contributed by atoms with Crippen LogP contribution in [0.25, 0.3) is 10.2 Å². The Bertz CT molecular complexity index is 1020. The lowest BCUT2D eigenvalue weighted by molar-refractivity contribution is -0.124. The average molecular weight is 413 g/mol. The van der Waals surface area contributed by atoms with E-state index in [0.29, 0.717) is 18.3 Å². The van der Waals surface area contributed by atoms with Gasteiger partial charge >= 0.3 is 0 Å². The van der Waals surface area contributed by atoms with E-state index in [4.69, 9.17) is 4.74 Å². The van der Waals surface area contributed by atoms with Crippen LogP contribution >= 0.6 is 11.3 Å². The molecule has 4 rings (SSSR count). The largest absolute Gasteiger partial charge is 0.383 e. The van der Waals surface area contributed by atoms with Gasteiger partial charge < -0.3 is 9.64 Å². The summed E-state index contributed by atoms with van der Waals surface area (Å²) in [5, 5.41) is 0.574. The summed E-state index contributed by atoms with van der Waals surface area (Å²) in [6.45, 7) is 0.825. The average Bonchev–Trinajstić information content (AvgIpc) is 3.32. The summed E-state index contributed by atoms with van der Waals surface area (Å²) >= 11 is 1.42. The molecule has 8 heteroatoms. The zero-order valence-corrected chi connectivity index (χ0v) is 16.7. The van der Waals surface area contributed by atoms with E-state index in [9.17, 15) is 14.0 Å². The highest BCUT2D eigenvalue weighted by Crippen LogP contribution is 2.32. The van der Waals surface area contributed by atoms with Gasteiger partial charge in [-0.05, 0) is 24.3 Å². The van der Waals surface area contributed by atoms with Crippen molar-refractivity contribution in [2.24, 2.45) is 5.92 Å². The van der Waals surface area contributed by atoms with Crippen LogP contribution in [0.2, 0.25) is 0 Å². The minimum Gasteiger partial charge on any atom is -0.383 e. The zero-order valence-electron chi connectivity index (χ0n) is 15.9. The van der Waals surface area contributed by atoms with E-state index < -0.39 is 11.7 Å². The molecule has 0 N–H and O–H groups in total. The van der Waals surface area contributed by atoms with Gasteiger partial charge in [-0.1, -0.05) is 35.6 Å². The van der Waals surface area contributed by atoms with Crippen molar-refractivity contribution < 1.29 is 18.7 Å². The molecule has 1 unspecified atom stereocenters. The maximum atomic E-state index is 14.1. The van der Waals surface area contributed by atoms with Crippen LogP contribution in [-0.2, 0) is 14.3 Å². The van der Waals surface area contributed by atoms with Gasteiger partial charge in [0.1, 0.15) is 5.82 Å². The smallest absolute Gasteiger partial charge is 0.234 e. The number of benzene rings is 2. The first kappa shape index (κ1) is 19.5. The summed E-state index contributed by atoms with van der Waals surface area (Å²) < 4.78 is 20.3. The summed E-state index contributed by atoms with van der Waals surface area (Å²) in [7, 11) is 1.57. The number of ether oxygens (including phenoxy) is 1. The number of carbonyl (C=O) groups excluding carboxylic acids is 2. The highest BCUT2D eigenvalue weighted by atomic mass is 32.1. The number of carbonyl (C=O) groups is 2. The fourth-order valence-electron chi connectivity index (χ4n) is 3.46. The third kappa shape index (κ3) is 3.86. The monoisotopic (exact) mass is 413 g/mol. The number of nitrogens with zero attached hydrogens (tertiary/aromatic N) is 3. The molecule has 1 atom stereocenters. The van der Waals surface area contributed by atoms with E-state index >= 15 is 0 Å². The normalized spacial score (nSPS) is 16.6. The number of thiazole rings is 1. The molecule has 3 aromatic rings. The zero-order chi connectivity index (χ0) is 20.4. The van der Waals surface area contributed by atoms with Gasteiger partial charge in [0.15, 0.2) is 5.13 Å². The molecule has 1 aliphatic heterocycles. The SMILES string of the molecule is COCCN(C(=O)C1CC(=O)N(c2ccccc2F)C1)c1nc2ccccc2s1. The summed E-state index contributed by atoms with van der Waals surface area (Å²) in [5.41, 5.74) is 1.02. The molecular weight excluding hydrogens is 393 g/mol. The molecule has 1 fully saturated rings. The van der Waals surface area contributed by atoms with Crippen LogP contribution in [0.5, 0.6) is 0 Å². The Balaban J connectivity index is 1.59. The van der Waals surface area contributed by atoms with Gasteiger partial charge in [0.25, 0.3) is 0 Å². The number of hydrogen-bond donors (Lipinski definition) is 0. The van der Waals surface area contributed by atoms with Crippen LogP contribution in [0.1, 0.15) is 6.42 Å². The molecule has 1 saturated heterocycles. The molecule has 2 heterocycles. The van der Waals surface area contributed by atoms with Crippen molar-refractivity contribution in [1.29, 1.82) is 0 Å². The molecule has 2 aromatic carbocycles. The van der Waals surface area contributed by atoms with Gasteiger partial charge in [-0.3, -0.25) is 14.5 Å². The molecule has 0 radical (unpaired) electrons. The van der Waals surface area contributed by atoms with Gasteiger partial charge in [0.2, 0.25) is 11.8 Å². The number of rotatable bonds is 6. The summed E-state index contributed by atoms with van der Waals surface area (Å²) in [6, 6.07) is 13.8. The van der Waals surface area contributed by atoms with Crippen molar-refractivity contribution in [2.75, 3.05) is 36.6 Å². The van der Waals surface area contributed by atoms with E-state index in [-0.39, 0.29) is 30.5 Å². The Kier molecular flexibility index (Phi) is 5.55. The van der Waals surface area contributed by atoms with Crippen LogP contribution in [0.15, 0.2) is 48.5 Å². The van der Waals surface area contributed by atoms with Crippen LogP contribution in [0.4, 0.5) is 15.2 Å². The number of halogens is 1. The second-order valence-corrected chi connectivity index (χ2v) is 7.81. The van der Waals surface area contributed by atoms with Gasteiger partial charge in [0, 0.05) is 20.1 Å². The number of methoxy groups -OCH3 is 1. The van der Waals surface area contributed by atoms with Gasteiger partial charge in [-0.25, -0.2) is 9.37 Å². The molecule has 0 bridgehead atoms. The lowest BCUT2D eigenvalue weighted by atomic mass is 10.1. The number of aromatic nitrogens is 1. The van der Waals surface area contributed by atoms with Gasteiger partial charge in [-0.15, -0.1) is 0 Å². The maximum absolute atomic E-state index is 14.1. The molecule has 150 valence electrons. The number of fused-ring (bicyclic) bond motifs is 1. The Labute approximate surface area is 171 Å². The Morgan fingerprint density at radius 3 is 2.79 bits per heavy atom. The first-order chi connectivity index (χ1) is 14.1. The van der Waals surface area contributed by atoms with Gasteiger partial charge in [0.05, 0.1) is 35.0 Å². The van der Waals surface area contributed by atoms with Crippen LogP contribution in [-0.4, -0.2) is 43.6 Å². The first-order valence-corrected chi connectivity index (χ1v) is 10.1. The summed E-state index contributed by atoms with van der Waals surface area (Å²) in [5.74, 6) is -1.50. The van der Waals surface area contributed by atoms with Crippen molar-refractivity contribution in [1.82, 2.24) is 4.98 Å². The van der Waals surface area contributed by atoms with E-state index in [1.165, 1.54) is 22.3 Å². The third-order valence-corrected chi connectivity index (χ3v) is 5.98. The van der Waals surface area contributed by atoms with E-state index in [1.54, 1.807) is 30.2 Å². The highest BCUT2D eigenvalue weighted by molar-refractivity contribution is 7.22. The Morgan fingerprint density at radius 1 is 1.28 bits per heavy atom. The Hall–Kier alpha value is -2.84. The molecule has 0 aliphatic carbocycles. The van der Waals surface area contributed by atoms with Crippen molar-refractivity contribution in [3.05, 3.63) is 54.3 Å². The summed E-state index contributed by atoms with van der Waals surface area (Å²) in [4.78, 5) is 33.3. The van der Waals surface area contributed by atoms with Crippen LogP contribution < -0.4 is 9.80 Å². The van der Waals surface area contributed by atoms with Crippen LogP contribution in [0.3, 0.4) is 0 Å². The fourth-order valence-corrected chi connectivity index (χ4v) is 4.45. The minimum absolute atomic E-state index is 0.0432. The minimum atomic E-state index is -0.564. The first-order valence-electron chi connectivity index (χ1n) is 9.29. The fraction of sp³-hybridized carbons (Fsp3) is 0.286. The standard InChI is InChI=1S/C21H20FN3O3S/c1-28-11-10-24(21-23-16-7-3-5-9-18(16)29-21)20(27)14-12-19(26)25(13-14)17-8-4-2-6-15(17)22/h2-9,14H,10-13H2,1H3. The molecule has 1 aromatic heterocycles. The lowest BCUT2D eigenvalue weighted by Crippen LogP contribution is -2.39. The molecule has 29 heavy (non-hydrogen) atoms. The predicted octanol–water partition coefficient (Wildman–Crippen LogP) is 3.47. The number of amides is 2. The van der Waals surface area contributed by atoms with Crippen molar-refractivity contribution in [2.45, 2.75) is 6.42 Å². The number of anilines is 2. The number of hydrogen-bond acceptors (Lipinski definition) is 5. The molecule has 0 saturated carbocycles. The molecule has 1 aliphatic rings. The molecular formula is C21H20FN3O3S. The Morgan fingerprint density at radius 2 is 2.03 bits per heavy atom. The maximum Gasteiger partial charge on any atom is 0.234 e.